The first-order chi connectivity index (χ1) is 7.24. The van der Waals surface area contributed by atoms with Crippen molar-refractivity contribution in [3.05, 3.63) is 48.0 Å². The minimum absolute atomic E-state index is 0.208. The minimum Gasteiger partial charge on any atom is -0.478 e. The second kappa shape index (κ2) is 3.74. The molecular formula is C11H10O4. The lowest BCUT2D eigenvalue weighted by Gasteiger charge is -2.07. The van der Waals surface area contributed by atoms with E-state index in [4.69, 9.17) is 14.3 Å². The Morgan fingerprint density at radius 3 is 3.00 bits per heavy atom. The summed E-state index contributed by atoms with van der Waals surface area (Å²) in [4.78, 5) is 11.0. The molecule has 2 heterocycles. The summed E-state index contributed by atoms with van der Waals surface area (Å²) in [7, 11) is 0. The zero-order valence-corrected chi connectivity index (χ0v) is 7.97. The number of carboxylic acid groups (broad SMARTS) is 1. The van der Waals surface area contributed by atoms with E-state index >= 15 is 0 Å². The first kappa shape index (κ1) is 9.73. The summed E-state index contributed by atoms with van der Waals surface area (Å²) < 4.78 is 10.5. The van der Waals surface area contributed by atoms with Crippen molar-refractivity contribution < 1.29 is 19.1 Å². The lowest BCUT2D eigenvalue weighted by molar-refractivity contribution is -0.133. The average molecular weight is 206 g/mol. The van der Waals surface area contributed by atoms with Crippen LogP contribution in [0.3, 0.4) is 0 Å². The van der Waals surface area contributed by atoms with Crippen LogP contribution in [0.15, 0.2) is 46.6 Å². The predicted octanol–water partition coefficient (Wildman–Crippen LogP) is 1.92. The molecule has 1 N–H and O–H groups in total. The normalized spacial score (nSPS) is 20.7. The molecule has 1 atom stereocenters. The van der Waals surface area contributed by atoms with Crippen molar-refractivity contribution in [1.82, 2.24) is 0 Å². The van der Waals surface area contributed by atoms with Crippen LogP contribution in [0.5, 0.6) is 0 Å². The molecule has 0 aromatic carbocycles. The van der Waals surface area contributed by atoms with E-state index in [1.165, 1.54) is 12.3 Å². The number of ether oxygens (including phenoxy) is 1. The molecule has 0 aliphatic carbocycles. The monoisotopic (exact) mass is 206 g/mol. The SMILES string of the molecule is C=CC1=C(C(=O)O)C(c2ccco2)OC1. The lowest BCUT2D eigenvalue weighted by Crippen LogP contribution is -2.08. The van der Waals surface area contributed by atoms with Crippen LogP contribution in [0, 0.1) is 0 Å². The lowest BCUT2D eigenvalue weighted by atomic mass is 10.0. The van der Waals surface area contributed by atoms with Gasteiger partial charge in [-0.2, -0.15) is 0 Å². The minimum atomic E-state index is -0.996. The number of hydrogen-bond acceptors (Lipinski definition) is 3. The molecular weight excluding hydrogens is 196 g/mol. The molecule has 4 heteroatoms. The third kappa shape index (κ3) is 1.59. The van der Waals surface area contributed by atoms with Gasteiger partial charge in [-0.1, -0.05) is 12.7 Å². The molecule has 1 unspecified atom stereocenters. The van der Waals surface area contributed by atoms with Gasteiger partial charge in [-0.25, -0.2) is 4.79 Å². The summed E-state index contributed by atoms with van der Waals surface area (Å²) in [6.45, 7) is 3.82. The quantitative estimate of drug-likeness (QED) is 0.820. The van der Waals surface area contributed by atoms with E-state index in [0.29, 0.717) is 11.3 Å². The molecule has 1 aliphatic rings. The van der Waals surface area contributed by atoms with Crippen LogP contribution in [0.25, 0.3) is 0 Å². The third-order valence-corrected chi connectivity index (χ3v) is 2.29. The van der Waals surface area contributed by atoms with Gasteiger partial charge in [0.2, 0.25) is 0 Å². The summed E-state index contributed by atoms with van der Waals surface area (Å²) in [5.41, 5.74) is 0.809. The van der Waals surface area contributed by atoms with Crippen LogP contribution >= 0.6 is 0 Å². The van der Waals surface area contributed by atoms with E-state index in [2.05, 4.69) is 6.58 Å². The Kier molecular flexibility index (Phi) is 2.43. The topological polar surface area (TPSA) is 59.7 Å². The molecule has 0 saturated carbocycles. The molecule has 2 rings (SSSR count). The Hall–Kier alpha value is -1.81. The van der Waals surface area contributed by atoms with Crippen molar-refractivity contribution >= 4 is 5.97 Å². The molecule has 4 nitrogen and oxygen atoms in total. The van der Waals surface area contributed by atoms with Gasteiger partial charge >= 0.3 is 5.97 Å². The molecule has 0 fully saturated rings. The molecule has 1 aliphatic heterocycles. The van der Waals surface area contributed by atoms with Crippen molar-refractivity contribution in [2.45, 2.75) is 6.10 Å². The Labute approximate surface area is 86.5 Å². The summed E-state index contributed by atoms with van der Waals surface area (Å²) in [5.74, 6) is -0.493. The summed E-state index contributed by atoms with van der Waals surface area (Å²) in [6, 6.07) is 3.39. The standard InChI is InChI=1S/C11H10O4/c1-2-7-6-15-10(9(7)11(12)13)8-4-3-5-14-8/h2-5,10H,1,6H2,(H,12,13). The average Bonchev–Trinajstić information content (AvgIpc) is 2.85. The molecule has 0 radical (unpaired) electrons. The molecule has 1 aromatic heterocycles. The zero-order chi connectivity index (χ0) is 10.8. The van der Waals surface area contributed by atoms with Crippen LogP contribution in [0.1, 0.15) is 11.9 Å². The van der Waals surface area contributed by atoms with Gasteiger partial charge < -0.3 is 14.3 Å². The largest absolute Gasteiger partial charge is 0.478 e. The molecule has 0 amide bonds. The van der Waals surface area contributed by atoms with Gasteiger partial charge in [0.15, 0.2) is 0 Å². The summed E-state index contributed by atoms with van der Waals surface area (Å²) in [5, 5.41) is 9.06. The number of aliphatic carboxylic acids is 1. The second-order valence-corrected chi connectivity index (χ2v) is 3.15. The van der Waals surface area contributed by atoms with Crippen LogP contribution in [0.2, 0.25) is 0 Å². The first-order valence-electron chi connectivity index (χ1n) is 4.48. The van der Waals surface area contributed by atoms with Crippen molar-refractivity contribution in [2.24, 2.45) is 0 Å². The first-order valence-corrected chi connectivity index (χ1v) is 4.48. The molecule has 78 valence electrons. The van der Waals surface area contributed by atoms with Gasteiger partial charge in [0.25, 0.3) is 0 Å². The van der Waals surface area contributed by atoms with Crippen LogP contribution in [-0.4, -0.2) is 17.7 Å². The zero-order valence-electron chi connectivity index (χ0n) is 7.97. The Bertz CT molecular complexity index is 414. The smallest absolute Gasteiger partial charge is 0.335 e. The number of furan rings is 1. The van der Waals surface area contributed by atoms with E-state index in [1.54, 1.807) is 12.1 Å². The molecule has 15 heavy (non-hydrogen) atoms. The van der Waals surface area contributed by atoms with Crippen LogP contribution < -0.4 is 0 Å². The van der Waals surface area contributed by atoms with Crippen LogP contribution in [0.4, 0.5) is 0 Å². The third-order valence-electron chi connectivity index (χ3n) is 2.29. The van der Waals surface area contributed by atoms with Gasteiger partial charge in [0.1, 0.15) is 11.9 Å². The second-order valence-electron chi connectivity index (χ2n) is 3.15. The van der Waals surface area contributed by atoms with E-state index in [-0.39, 0.29) is 12.2 Å². The highest BCUT2D eigenvalue weighted by molar-refractivity contribution is 5.90. The Morgan fingerprint density at radius 1 is 1.67 bits per heavy atom. The van der Waals surface area contributed by atoms with Gasteiger partial charge in [-0.05, 0) is 17.7 Å². The number of hydrogen-bond donors (Lipinski definition) is 1. The fourth-order valence-corrected chi connectivity index (χ4v) is 1.59. The molecule has 0 bridgehead atoms. The van der Waals surface area contributed by atoms with Gasteiger partial charge in [-0.15, -0.1) is 0 Å². The fourth-order valence-electron chi connectivity index (χ4n) is 1.59. The Morgan fingerprint density at radius 2 is 2.47 bits per heavy atom. The maximum absolute atomic E-state index is 11.0. The van der Waals surface area contributed by atoms with Gasteiger partial charge in [-0.3, -0.25) is 0 Å². The highest BCUT2D eigenvalue weighted by Crippen LogP contribution is 2.34. The number of carbonyl (C=O) groups is 1. The predicted molar refractivity (Wildman–Crippen MR) is 52.3 cm³/mol. The Balaban J connectivity index is 2.40. The van der Waals surface area contributed by atoms with E-state index in [1.807, 2.05) is 0 Å². The number of carboxylic acids is 1. The molecule has 1 aromatic rings. The van der Waals surface area contributed by atoms with Crippen molar-refractivity contribution in [2.75, 3.05) is 6.61 Å². The van der Waals surface area contributed by atoms with Crippen molar-refractivity contribution in [1.29, 1.82) is 0 Å². The summed E-state index contributed by atoms with van der Waals surface area (Å²) in [6.07, 6.45) is 2.38. The highest BCUT2D eigenvalue weighted by atomic mass is 16.5. The van der Waals surface area contributed by atoms with E-state index in [0.717, 1.165) is 0 Å². The van der Waals surface area contributed by atoms with Gasteiger partial charge in [0, 0.05) is 0 Å². The highest BCUT2D eigenvalue weighted by Gasteiger charge is 2.33. The number of rotatable bonds is 3. The molecule has 0 saturated heterocycles. The van der Waals surface area contributed by atoms with E-state index in [9.17, 15) is 4.79 Å². The summed E-state index contributed by atoms with van der Waals surface area (Å²) >= 11 is 0. The fraction of sp³-hybridized carbons (Fsp3) is 0.182. The van der Waals surface area contributed by atoms with Crippen LogP contribution in [-0.2, 0) is 9.53 Å². The van der Waals surface area contributed by atoms with Gasteiger partial charge in [0.05, 0.1) is 18.4 Å². The maximum Gasteiger partial charge on any atom is 0.335 e. The van der Waals surface area contributed by atoms with Crippen molar-refractivity contribution in [3.8, 4) is 0 Å². The maximum atomic E-state index is 11.0. The van der Waals surface area contributed by atoms with Crippen molar-refractivity contribution in [3.63, 3.8) is 0 Å². The van der Waals surface area contributed by atoms with E-state index < -0.39 is 12.1 Å². The molecule has 0 spiro atoms.